The van der Waals surface area contributed by atoms with Gasteiger partial charge in [-0.1, -0.05) is 6.42 Å². The van der Waals surface area contributed by atoms with Crippen LogP contribution >= 0.6 is 12.4 Å². The molecule has 2 N–H and O–H groups in total. The Labute approximate surface area is 150 Å². The SMILES string of the molecule is Cl.O=C(NCC1CCCN(C(=O)C2C3CCCC32)C1)C1CCCN1. The smallest absolute Gasteiger partial charge is 0.237 e. The van der Waals surface area contributed by atoms with Gasteiger partial charge in [0.05, 0.1) is 6.04 Å². The van der Waals surface area contributed by atoms with Crippen molar-refractivity contribution in [2.24, 2.45) is 23.7 Å². The van der Waals surface area contributed by atoms with Crippen molar-refractivity contribution in [2.45, 2.75) is 51.0 Å². The van der Waals surface area contributed by atoms with Gasteiger partial charge >= 0.3 is 0 Å². The highest BCUT2D eigenvalue weighted by Crippen LogP contribution is 2.58. The van der Waals surface area contributed by atoms with Crippen molar-refractivity contribution in [2.75, 3.05) is 26.2 Å². The van der Waals surface area contributed by atoms with E-state index >= 15 is 0 Å². The number of hydrogen-bond donors (Lipinski definition) is 2. The molecule has 0 spiro atoms. The summed E-state index contributed by atoms with van der Waals surface area (Å²) >= 11 is 0. The molecule has 136 valence electrons. The molecule has 4 aliphatic rings. The van der Waals surface area contributed by atoms with Gasteiger partial charge in [-0.15, -0.1) is 12.4 Å². The van der Waals surface area contributed by atoms with Crippen LogP contribution in [0, 0.1) is 23.7 Å². The molecular formula is C18H30ClN3O2. The topological polar surface area (TPSA) is 61.4 Å². The maximum Gasteiger partial charge on any atom is 0.237 e. The summed E-state index contributed by atoms with van der Waals surface area (Å²) in [6, 6.07) is 0.00200. The average molecular weight is 356 g/mol. The zero-order valence-corrected chi connectivity index (χ0v) is 15.2. The fourth-order valence-electron chi connectivity index (χ4n) is 5.11. The predicted octanol–water partition coefficient (Wildman–Crippen LogP) is 1.56. The molecule has 4 atom stereocenters. The first kappa shape index (κ1) is 18.0. The van der Waals surface area contributed by atoms with E-state index in [4.69, 9.17) is 0 Å². The van der Waals surface area contributed by atoms with Crippen LogP contribution in [0.1, 0.15) is 44.9 Å². The third-order valence-corrected chi connectivity index (χ3v) is 6.46. The van der Waals surface area contributed by atoms with E-state index in [9.17, 15) is 9.59 Å². The van der Waals surface area contributed by atoms with Gasteiger partial charge in [-0.25, -0.2) is 0 Å². The van der Waals surface area contributed by atoms with Crippen LogP contribution in [-0.4, -0.2) is 48.9 Å². The second kappa shape index (κ2) is 7.61. The minimum atomic E-state index is 0. The molecule has 0 bridgehead atoms. The van der Waals surface area contributed by atoms with Crippen LogP contribution in [0.5, 0.6) is 0 Å². The van der Waals surface area contributed by atoms with Gasteiger partial charge in [0.1, 0.15) is 0 Å². The van der Waals surface area contributed by atoms with Gasteiger partial charge in [0.15, 0.2) is 0 Å². The summed E-state index contributed by atoms with van der Waals surface area (Å²) in [5, 5.41) is 6.34. The minimum absolute atomic E-state index is 0. The van der Waals surface area contributed by atoms with Gasteiger partial charge in [-0.2, -0.15) is 0 Å². The van der Waals surface area contributed by atoms with Gasteiger partial charge in [-0.3, -0.25) is 9.59 Å². The van der Waals surface area contributed by atoms with Gasteiger partial charge < -0.3 is 15.5 Å². The summed E-state index contributed by atoms with van der Waals surface area (Å²) in [5.41, 5.74) is 0. The van der Waals surface area contributed by atoms with E-state index < -0.39 is 0 Å². The van der Waals surface area contributed by atoms with Crippen molar-refractivity contribution in [3.05, 3.63) is 0 Å². The first-order valence-electron chi connectivity index (χ1n) is 9.54. The molecule has 0 radical (unpaired) electrons. The Hall–Kier alpha value is -0.810. The van der Waals surface area contributed by atoms with Crippen LogP contribution in [0.15, 0.2) is 0 Å². The number of rotatable bonds is 4. The van der Waals surface area contributed by atoms with Crippen molar-refractivity contribution < 1.29 is 9.59 Å². The molecule has 2 aliphatic heterocycles. The summed E-state index contributed by atoms with van der Waals surface area (Å²) in [6.45, 7) is 3.43. The normalized spacial score (nSPS) is 37.5. The number of nitrogens with zero attached hydrogens (tertiary/aromatic N) is 1. The molecular weight excluding hydrogens is 326 g/mol. The molecule has 2 aliphatic carbocycles. The predicted molar refractivity (Wildman–Crippen MR) is 94.9 cm³/mol. The number of amides is 2. The molecule has 0 aromatic heterocycles. The molecule has 24 heavy (non-hydrogen) atoms. The molecule has 4 rings (SSSR count). The van der Waals surface area contributed by atoms with E-state index in [1.165, 1.54) is 19.3 Å². The van der Waals surface area contributed by atoms with Crippen LogP contribution < -0.4 is 10.6 Å². The fourth-order valence-corrected chi connectivity index (χ4v) is 5.11. The molecule has 2 saturated heterocycles. The summed E-state index contributed by atoms with van der Waals surface area (Å²) in [6.07, 6.45) is 8.10. The van der Waals surface area contributed by atoms with E-state index in [-0.39, 0.29) is 24.4 Å². The molecule has 2 saturated carbocycles. The van der Waals surface area contributed by atoms with Crippen LogP contribution in [0.2, 0.25) is 0 Å². The lowest BCUT2D eigenvalue weighted by Crippen LogP contribution is -2.47. The highest BCUT2D eigenvalue weighted by Gasteiger charge is 2.57. The number of carbonyl (C=O) groups excluding carboxylic acids is 2. The van der Waals surface area contributed by atoms with Crippen LogP contribution in [-0.2, 0) is 9.59 Å². The number of hydrogen-bond acceptors (Lipinski definition) is 3. The summed E-state index contributed by atoms with van der Waals surface area (Å²) in [5.74, 6) is 2.74. The van der Waals surface area contributed by atoms with Crippen LogP contribution in [0.4, 0.5) is 0 Å². The van der Waals surface area contributed by atoms with E-state index in [1.54, 1.807) is 0 Å². The Bertz CT molecular complexity index is 471. The van der Waals surface area contributed by atoms with Gasteiger partial charge in [-0.05, 0) is 62.8 Å². The third kappa shape index (κ3) is 3.57. The van der Waals surface area contributed by atoms with Gasteiger partial charge in [0.2, 0.25) is 11.8 Å². The van der Waals surface area contributed by atoms with Gasteiger partial charge in [0.25, 0.3) is 0 Å². The molecule has 6 heteroatoms. The molecule has 2 heterocycles. The Kier molecular flexibility index (Phi) is 5.70. The van der Waals surface area contributed by atoms with Crippen molar-refractivity contribution in [1.82, 2.24) is 15.5 Å². The second-order valence-corrected chi connectivity index (χ2v) is 7.97. The van der Waals surface area contributed by atoms with E-state index in [1.807, 2.05) is 0 Å². The standard InChI is InChI=1S/C18H29N3O2.ClH/c22-17(15-7-2-8-19-15)20-10-12-4-3-9-21(11-12)18(23)16-13-5-1-6-14(13)16;/h12-16,19H,1-11H2,(H,20,22);1H. The number of likely N-dealkylation sites (tertiary alicyclic amines) is 1. The molecule has 0 aromatic carbocycles. The van der Waals surface area contributed by atoms with Crippen molar-refractivity contribution in [1.29, 1.82) is 0 Å². The molecule has 4 fully saturated rings. The quantitative estimate of drug-likeness (QED) is 0.804. The Balaban J connectivity index is 0.00000169. The van der Waals surface area contributed by atoms with E-state index in [0.717, 1.165) is 51.9 Å². The highest BCUT2D eigenvalue weighted by atomic mass is 35.5. The Morgan fingerprint density at radius 1 is 1.04 bits per heavy atom. The maximum absolute atomic E-state index is 12.7. The number of halogens is 1. The van der Waals surface area contributed by atoms with Gasteiger partial charge in [0, 0.05) is 25.6 Å². The lowest BCUT2D eigenvalue weighted by molar-refractivity contribution is -0.135. The molecule has 2 amide bonds. The van der Waals surface area contributed by atoms with E-state index in [0.29, 0.717) is 29.6 Å². The summed E-state index contributed by atoms with van der Waals surface area (Å²) in [4.78, 5) is 26.9. The van der Waals surface area contributed by atoms with Crippen LogP contribution in [0.25, 0.3) is 0 Å². The monoisotopic (exact) mass is 355 g/mol. The zero-order chi connectivity index (χ0) is 15.8. The van der Waals surface area contributed by atoms with E-state index in [2.05, 4.69) is 15.5 Å². The number of carbonyl (C=O) groups is 2. The first-order chi connectivity index (χ1) is 11.2. The van der Waals surface area contributed by atoms with Crippen LogP contribution in [0.3, 0.4) is 0 Å². The zero-order valence-electron chi connectivity index (χ0n) is 14.3. The molecule has 4 unspecified atom stereocenters. The lowest BCUT2D eigenvalue weighted by Gasteiger charge is -2.33. The Morgan fingerprint density at radius 2 is 1.83 bits per heavy atom. The first-order valence-corrected chi connectivity index (χ1v) is 9.54. The maximum atomic E-state index is 12.7. The third-order valence-electron chi connectivity index (χ3n) is 6.46. The number of fused-ring (bicyclic) bond motifs is 1. The number of piperidine rings is 1. The van der Waals surface area contributed by atoms with Crippen molar-refractivity contribution >= 4 is 24.2 Å². The highest BCUT2D eigenvalue weighted by molar-refractivity contribution is 5.85. The molecule has 0 aromatic rings. The second-order valence-electron chi connectivity index (χ2n) is 7.97. The van der Waals surface area contributed by atoms with Crippen molar-refractivity contribution in [3.8, 4) is 0 Å². The summed E-state index contributed by atoms with van der Waals surface area (Å²) in [7, 11) is 0. The minimum Gasteiger partial charge on any atom is -0.354 e. The van der Waals surface area contributed by atoms with Crippen molar-refractivity contribution in [3.63, 3.8) is 0 Å². The molecule has 5 nitrogen and oxygen atoms in total. The number of nitrogens with one attached hydrogen (secondary N) is 2. The summed E-state index contributed by atoms with van der Waals surface area (Å²) < 4.78 is 0. The lowest BCUT2D eigenvalue weighted by atomic mass is 9.97. The largest absolute Gasteiger partial charge is 0.354 e. The Morgan fingerprint density at radius 3 is 2.54 bits per heavy atom. The fraction of sp³-hybridized carbons (Fsp3) is 0.889. The average Bonchev–Trinajstić information content (AvgIpc) is 3.01.